The minimum atomic E-state index is 0.619. The summed E-state index contributed by atoms with van der Waals surface area (Å²) in [6.07, 6.45) is 0. The number of hydrogen-bond acceptors (Lipinski definition) is 3. The number of rotatable bonds is 7. The number of aromatic nitrogens is 5. The highest BCUT2D eigenvalue weighted by Crippen LogP contribution is 2.37. The van der Waals surface area contributed by atoms with Gasteiger partial charge in [0.1, 0.15) is 0 Å². The molecular weight excluding hydrogens is 755 g/mol. The summed E-state index contributed by atoms with van der Waals surface area (Å²) in [5, 5.41) is 4.92. The van der Waals surface area contributed by atoms with Crippen LogP contribution in [-0.2, 0) is 0 Å². The van der Waals surface area contributed by atoms with Gasteiger partial charge in [-0.15, -0.1) is 0 Å². The Bertz CT molecular complexity index is 3430. The zero-order valence-corrected chi connectivity index (χ0v) is 33.6. The maximum absolute atomic E-state index is 5.11. The van der Waals surface area contributed by atoms with Crippen molar-refractivity contribution in [2.24, 2.45) is 0 Å². The molecule has 5 heteroatoms. The summed E-state index contributed by atoms with van der Waals surface area (Å²) >= 11 is 0. The first-order chi connectivity index (χ1) is 30.7. The van der Waals surface area contributed by atoms with Crippen LogP contribution < -0.4 is 0 Å². The lowest BCUT2D eigenvalue weighted by Gasteiger charge is -2.12. The Morgan fingerprint density at radius 3 is 0.984 bits per heavy atom. The smallest absolute Gasteiger partial charge is 0.164 e. The lowest BCUT2D eigenvalue weighted by molar-refractivity contribution is 1.07. The topological polar surface area (TPSA) is 48.5 Å². The Kier molecular flexibility index (Phi) is 8.42. The zero-order valence-electron chi connectivity index (χ0n) is 33.6. The molecule has 0 radical (unpaired) electrons. The van der Waals surface area contributed by atoms with Gasteiger partial charge in [-0.25, -0.2) is 15.0 Å². The standard InChI is InChI=1S/C57H37N5/c1-3-13-38(14-4-1)40-23-27-42(28-24-40)55-58-56(43-29-25-41(26-30-43)39-15-5-2-6-16-39)60-57(59-55)44-31-33-45(34-32-44)61-53-22-12-9-19-49(53)50-37-46(35-36-54(50)61)62-51-20-10-7-17-47(51)48-18-8-11-21-52(48)62/h1-37H. The highest BCUT2D eigenvalue weighted by molar-refractivity contribution is 6.12. The zero-order chi connectivity index (χ0) is 41.0. The van der Waals surface area contributed by atoms with E-state index < -0.39 is 0 Å². The van der Waals surface area contributed by atoms with Gasteiger partial charge in [-0.1, -0.05) is 164 Å². The van der Waals surface area contributed by atoms with E-state index in [-0.39, 0.29) is 0 Å². The van der Waals surface area contributed by atoms with Crippen molar-refractivity contribution in [1.29, 1.82) is 0 Å². The molecule has 0 aliphatic carbocycles. The molecule has 62 heavy (non-hydrogen) atoms. The normalized spacial score (nSPS) is 11.5. The molecule has 9 aromatic carbocycles. The lowest BCUT2D eigenvalue weighted by atomic mass is 10.0. The van der Waals surface area contributed by atoms with Crippen LogP contribution in [0.15, 0.2) is 224 Å². The van der Waals surface area contributed by atoms with Gasteiger partial charge in [0.15, 0.2) is 17.5 Å². The van der Waals surface area contributed by atoms with E-state index in [9.17, 15) is 0 Å². The summed E-state index contributed by atoms with van der Waals surface area (Å²) < 4.78 is 4.74. The summed E-state index contributed by atoms with van der Waals surface area (Å²) in [5.41, 5.74) is 14.3. The fraction of sp³-hybridized carbons (Fsp3) is 0. The molecule has 0 amide bonds. The van der Waals surface area contributed by atoms with Crippen LogP contribution in [0.4, 0.5) is 0 Å². The molecular formula is C57H37N5. The van der Waals surface area contributed by atoms with Gasteiger partial charge in [-0.3, -0.25) is 0 Å². The van der Waals surface area contributed by atoms with Crippen LogP contribution in [0.25, 0.3) is 111 Å². The second-order valence-corrected chi connectivity index (χ2v) is 15.7. The summed E-state index contributed by atoms with van der Waals surface area (Å²) in [6.45, 7) is 0. The number of fused-ring (bicyclic) bond motifs is 6. The summed E-state index contributed by atoms with van der Waals surface area (Å²) in [5.74, 6) is 1.87. The van der Waals surface area contributed by atoms with Crippen LogP contribution in [0, 0.1) is 0 Å². The molecule has 0 atom stereocenters. The Morgan fingerprint density at radius 1 is 0.226 bits per heavy atom. The molecule has 0 saturated heterocycles. The van der Waals surface area contributed by atoms with Crippen LogP contribution in [0.2, 0.25) is 0 Å². The molecule has 290 valence electrons. The quantitative estimate of drug-likeness (QED) is 0.162. The molecule has 3 aromatic heterocycles. The van der Waals surface area contributed by atoms with Gasteiger partial charge in [0.2, 0.25) is 0 Å². The molecule has 5 nitrogen and oxygen atoms in total. The van der Waals surface area contributed by atoms with E-state index in [1.165, 1.54) is 43.7 Å². The van der Waals surface area contributed by atoms with E-state index in [0.29, 0.717) is 17.5 Å². The highest BCUT2D eigenvalue weighted by Gasteiger charge is 2.18. The minimum Gasteiger partial charge on any atom is -0.309 e. The molecule has 0 saturated carbocycles. The fourth-order valence-electron chi connectivity index (χ4n) is 8.99. The lowest BCUT2D eigenvalue weighted by Crippen LogP contribution is -2.01. The molecule has 0 bridgehead atoms. The van der Waals surface area contributed by atoms with Crippen molar-refractivity contribution < 1.29 is 0 Å². The van der Waals surface area contributed by atoms with E-state index in [2.05, 4.69) is 221 Å². The van der Waals surface area contributed by atoms with E-state index >= 15 is 0 Å². The number of hydrogen-bond donors (Lipinski definition) is 0. The SMILES string of the molecule is c1ccc(-c2ccc(-c3nc(-c4ccc(-c5ccccc5)cc4)nc(-c4ccc(-n5c6ccccc6c6cc(-n7c8ccccc8c8ccccc87)ccc65)cc4)n3)cc2)cc1. The largest absolute Gasteiger partial charge is 0.309 e. The minimum absolute atomic E-state index is 0.619. The van der Waals surface area contributed by atoms with Crippen LogP contribution in [0.1, 0.15) is 0 Å². The number of benzene rings is 9. The van der Waals surface area contributed by atoms with Crippen LogP contribution >= 0.6 is 0 Å². The van der Waals surface area contributed by atoms with Crippen LogP contribution in [0.5, 0.6) is 0 Å². The van der Waals surface area contributed by atoms with Gasteiger partial charge in [-0.2, -0.15) is 0 Å². The Labute approximate surface area is 358 Å². The molecule has 0 N–H and O–H groups in total. The average Bonchev–Trinajstić information content (AvgIpc) is 3.87. The number of para-hydroxylation sites is 3. The first-order valence-electron chi connectivity index (χ1n) is 20.9. The Morgan fingerprint density at radius 2 is 0.532 bits per heavy atom. The third kappa shape index (κ3) is 6.06. The molecule has 0 unspecified atom stereocenters. The van der Waals surface area contributed by atoms with Crippen molar-refractivity contribution in [2.75, 3.05) is 0 Å². The van der Waals surface area contributed by atoms with Crippen molar-refractivity contribution in [1.82, 2.24) is 24.1 Å². The van der Waals surface area contributed by atoms with Gasteiger partial charge in [-0.05, 0) is 82.9 Å². The summed E-state index contributed by atoms with van der Waals surface area (Å²) in [6, 6.07) is 79.2. The average molecular weight is 792 g/mol. The molecule has 0 spiro atoms. The van der Waals surface area contributed by atoms with Crippen molar-refractivity contribution in [2.45, 2.75) is 0 Å². The Balaban J connectivity index is 0.952. The fourth-order valence-corrected chi connectivity index (χ4v) is 8.99. The second kappa shape index (κ2) is 14.7. The van der Waals surface area contributed by atoms with Gasteiger partial charge < -0.3 is 9.13 Å². The summed E-state index contributed by atoms with van der Waals surface area (Å²) in [4.78, 5) is 15.3. The number of nitrogens with zero attached hydrogens (tertiary/aromatic N) is 5. The second-order valence-electron chi connectivity index (χ2n) is 15.7. The van der Waals surface area contributed by atoms with Crippen molar-refractivity contribution in [3.63, 3.8) is 0 Å². The van der Waals surface area contributed by atoms with Crippen LogP contribution in [0.3, 0.4) is 0 Å². The molecule has 0 aliphatic heterocycles. The first kappa shape index (κ1) is 35.5. The van der Waals surface area contributed by atoms with Crippen LogP contribution in [-0.4, -0.2) is 24.1 Å². The predicted molar refractivity (Wildman–Crippen MR) is 256 cm³/mol. The van der Waals surface area contributed by atoms with Crippen molar-refractivity contribution in [3.05, 3.63) is 224 Å². The van der Waals surface area contributed by atoms with Gasteiger partial charge >= 0.3 is 0 Å². The van der Waals surface area contributed by atoms with E-state index in [4.69, 9.17) is 15.0 Å². The maximum Gasteiger partial charge on any atom is 0.164 e. The van der Waals surface area contributed by atoms with Gasteiger partial charge in [0.25, 0.3) is 0 Å². The van der Waals surface area contributed by atoms with Crippen molar-refractivity contribution >= 4 is 43.6 Å². The van der Waals surface area contributed by atoms with Gasteiger partial charge in [0.05, 0.1) is 22.1 Å². The molecule has 0 fully saturated rings. The van der Waals surface area contributed by atoms with E-state index in [1.807, 2.05) is 12.1 Å². The highest BCUT2D eigenvalue weighted by atomic mass is 15.0. The molecule has 0 aliphatic rings. The van der Waals surface area contributed by atoms with Gasteiger partial charge in [0, 0.05) is 49.6 Å². The van der Waals surface area contributed by atoms with E-state index in [0.717, 1.165) is 50.2 Å². The molecule has 12 aromatic rings. The van der Waals surface area contributed by atoms with E-state index in [1.54, 1.807) is 0 Å². The Hall–Kier alpha value is -8.41. The third-order valence-corrected chi connectivity index (χ3v) is 12.0. The third-order valence-electron chi connectivity index (χ3n) is 12.0. The predicted octanol–water partition coefficient (Wildman–Crippen LogP) is 14.4. The monoisotopic (exact) mass is 791 g/mol. The molecule has 12 rings (SSSR count). The first-order valence-corrected chi connectivity index (χ1v) is 20.9. The maximum atomic E-state index is 5.11. The summed E-state index contributed by atoms with van der Waals surface area (Å²) in [7, 11) is 0. The molecule has 3 heterocycles. The van der Waals surface area contributed by atoms with Crippen molar-refractivity contribution in [3.8, 4) is 67.8 Å².